The molecule has 2 amide bonds. The van der Waals surface area contributed by atoms with E-state index in [-0.39, 0.29) is 17.9 Å². The lowest BCUT2D eigenvalue weighted by molar-refractivity contribution is -0.117. The summed E-state index contributed by atoms with van der Waals surface area (Å²) in [6, 6.07) is 15.8. The molecule has 130 valence electrons. The van der Waals surface area contributed by atoms with Crippen molar-refractivity contribution < 1.29 is 14.7 Å². The topological polar surface area (TPSA) is 78.4 Å². The van der Waals surface area contributed by atoms with Crippen LogP contribution < -0.4 is 10.6 Å². The number of aliphatic hydroxyl groups excluding tert-OH is 1. The molecule has 0 spiro atoms. The highest BCUT2D eigenvalue weighted by Crippen LogP contribution is 2.15. The Kier molecular flexibility index (Phi) is 7.19. The van der Waals surface area contributed by atoms with Crippen LogP contribution in [0.25, 0.3) is 6.08 Å². The van der Waals surface area contributed by atoms with E-state index in [1.165, 1.54) is 0 Å². The van der Waals surface area contributed by atoms with Gasteiger partial charge in [0.15, 0.2) is 0 Å². The second-order valence-corrected chi connectivity index (χ2v) is 5.64. The molecule has 2 aromatic rings. The molecule has 0 atom stereocenters. The minimum absolute atomic E-state index is 0.0238. The highest BCUT2D eigenvalue weighted by Gasteiger charge is 2.16. The molecule has 0 saturated carbocycles. The smallest absolute Gasteiger partial charge is 0.267 e. The van der Waals surface area contributed by atoms with E-state index in [0.717, 1.165) is 5.56 Å². The molecule has 0 radical (unpaired) electrons. The Hall–Kier alpha value is -2.63. The summed E-state index contributed by atoms with van der Waals surface area (Å²) in [6.45, 7) is 0.285. The summed E-state index contributed by atoms with van der Waals surface area (Å²) in [6.07, 6.45) is 2.02. The number of hydrogen-bond donors (Lipinski definition) is 3. The molecule has 5 nitrogen and oxygen atoms in total. The Bertz CT molecular complexity index is 760. The van der Waals surface area contributed by atoms with Crippen LogP contribution in [0.3, 0.4) is 0 Å². The predicted octanol–water partition coefficient (Wildman–Crippen LogP) is 2.61. The Balaban J connectivity index is 2.22. The van der Waals surface area contributed by atoms with Gasteiger partial charge in [-0.05, 0) is 30.2 Å². The Labute approximate surface area is 151 Å². The first kappa shape index (κ1) is 18.7. The van der Waals surface area contributed by atoms with Crippen molar-refractivity contribution in [2.45, 2.75) is 6.42 Å². The fourth-order valence-corrected chi connectivity index (χ4v) is 2.31. The van der Waals surface area contributed by atoms with Gasteiger partial charge in [0.05, 0.1) is 10.6 Å². The maximum Gasteiger partial charge on any atom is 0.267 e. The van der Waals surface area contributed by atoms with Crippen LogP contribution in [-0.2, 0) is 4.79 Å². The molecular formula is C19H19ClN2O3. The van der Waals surface area contributed by atoms with E-state index in [0.29, 0.717) is 18.0 Å². The number of carbonyl (C=O) groups is 2. The van der Waals surface area contributed by atoms with E-state index in [2.05, 4.69) is 10.6 Å². The van der Waals surface area contributed by atoms with Gasteiger partial charge in [0, 0.05) is 13.2 Å². The Morgan fingerprint density at radius 1 is 1.04 bits per heavy atom. The summed E-state index contributed by atoms with van der Waals surface area (Å²) < 4.78 is 0. The number of carbonyl (C=O) groups excluding carboxylic acids is 2. The summed E-state index contributed by atoms with van der Waals surface area (Å²) in [5.74, 6) is -0.900. The lowest BCUT2D eigenvalue weighted by atomic mass is 10.1. The van der Waals surface area contributed by atoms with E-state index >= 15 is 0 Å². The third kappa shape index (κ3) is 5.74. The zero-order chi connectivity index (χ0) is 18.1. The number of aliphatic hydroxyl groups is 1. The first-order valence-electron chi connectivity index (χ1n) is 7.83. The molecule has 3 N–H and O–H groups in total. The molecule has 6 heteroatoms. The molecule has 0 aromatic heterocycles. The van der Waals surface area contributed by atoms with E-state index in [9.17, 15) is 9.59 Å². The number of benzene rings is 2. The van der Waals surface area contributed by atoms with Gasteiger partial charge in [-0.1, -0.05) is 54.1 Å². The Morgan fingerprint density at radius 3 is 2.40 bits per heavy atom. The van der Waals surface area contributed by atoms with E-state index in [1.807, 2.05) is 30.3 Å². The first-order chi connectivity index (χ1) is 12.1. The first-order valence-corrected chi connectivity index (χ1v) is 8.21. The number of halogens is 1. The highest BCUT2D eigenvalue weighted by atomic mass is 35.5. The zero-order valence-electron chi connectivity index (χ0n) is 13.5. The van der Waals surface area contributed by atoms with Gasteiger partial charge in [-0.25, -0.2) is 0 Å². The van der Waals surface area contributed by atoms with Gasteiger partial charge in [0.1, 0.15) is 5.70 Å². The normalized spacial score (nSPS) is 11.0. The fourth-order valence-electron chi connectivity index (χ4n) is 2.09. The second-order valence-electron chi connectivity index (χ2n) is 5.24. The van der Waals surface area contributed by atoms with Gasteiger partial charge >= 0.3 is 0 Å². The van der Waals surface area contributed by atoms with Crippen LogP contribution in [0.1, 0.15) is 22.3 Å². The van der Waals surface area contributed by atoms with Gasteiger partial charge in [0.25, 0.3) is 11.8 Å². The maximum absolute atomic E-state index is 12.4. The largest absolute Gasteiger partial charge is 0.396 e. The maximum atomic E-state index is 12.4. The summed E-state index contributed by atoms with van der Waals surface area (Å²) >= 11 is 6.04. The van der Waals surface area contributed by atoms with Crippen LogP contribution >= 0.6 is 11.6 Å². The molecule has 0 heterocycles. The van der Waals surface area contributed by atoms with E-state index in [4.69, 9.17) is 16.7 Å². The van der Waals surface area contributed by atoms with Crippen LogP contribution in [0.4, 0.5) is 0 Å². The third-order valence-electron chi connectivity index (χ3n) is 3.34. The van der Waals surface area contributed by atoms with Crippen LogP contribution in [0.15, 0.2) is 60.3 Å². The molecule has 0 saturated heterocycles. The van der Waals surface area contributed by atoms with Crippen molar-refractivity contribution in [3.63, 3.8) is 0 Å². The monoisotopic (exact) mass is 358 g/mol. The quantitative estimate of drug-likeness (QED) is 0.526. The van der Waals surface area contributed by atoms with Gasteiger partial charge in [0.2, 0.25) is 0 Å². The molecule has 0 aliphatic heterocycles. The van der Waals surface area contributed by atoms with Gasteiger partial charge < -0.3 is 15.7 Å². The highest BCUT2D eigenvalue weighted by molar-refractivity contribution is 6.34. The lowest BCUT2D eigenvalue weighted by Crippen LogP contribution is -2.35. The SMILES string of the molecule is O=C(NCCCO)/C(=C/c1ccccc1)NC(=O)c1ccccc1Cl. The lowest BCUT2D eigenvalue weighted by Gasteiger charge is -2.11. The fraction of sp³-hybridized carbons (Fsp3) is 0.158. The minimum atomic E-state index is -0.468. The van der Waals surface area contributed by atoms with Crippen LogP contribution in [-0.4, -0.2) is 30.1 Å². The Morgan fingerprint density at radius 2 is 1.72 bits per heavy atom. The molecule has 0 aliphatic rings. The molecule has 0 unspecified atom stereocenters. The zero-order valence-corrected chi connectivity index (χ0v) is 14.3. The van der Waals surface area contributed by atoms with Crippen LogP contribution in [0, 0.1) is 0 Å². The molecular weight excluding hydrogens is 340 g/mol. The molecule has 0 aliphatic carbocycles. The summed E-state index contributed by atoms with van der Waals surface area (Å²) in [5.41, 5.74) is 1.16. The van der Waals surface area contributed by atoms with Crippen LogP contribution in [0.5, 0.6) is 0 Å². The molecule has 0 bridgehead atoms. The van der Waals surface area contributed by atoms with Crippen molar-refractivity contribution in [2.75, 3.05) is 13.2 Å². The number of rotatable bonds is 7. The predicted molar refractivity (Wildman–Crippen MR) is 98.0 cm³/mol. The van der Waals surface area contributed by atoms with Gasteiger partial charge in [-0.15, -0.1) is 0 Å². The number of amides is 2. The molecule has 2 aromatic carbocycles. The van der Waals surface area contributed by atoms with Gasteiger partial charge in [-0.3, -0.25) is 9.59 Å². The van der Waals surface area contributed by atoms with Crippen molar-refractivity contribution in [1.29, 1.82) is 0 Å². The van der Waals surface area contributed by atoms with Crippen molar-refractivity contribution in [2.24, 2.45) is 0 Å². The van der Waals surface area contributed by atoms with Crippen molar-refractivity contribution in [3.8, 4) is 0 Å². The second kappa shape index (κ2) is 9.61. The molecule has 0 fully saturated rings. The summed E-state index contributed by atoms with van der Waals surface area (Å²) in [4.78, 5) is 24.8. The minimum Gasteiger partial charge on any atom is -0.396 e. The van der Waals surface area contributed by atoms with Gasteiger partial charge in [-0.2, -0.15) is 0 Å². The van der Waals surface area contributed by atoms with Crippen molar-refractivity contribution in [1.82, 2.24) is 10.6 Å². The number of hydrogen-bond acceptors (Lipinski definition) is 3. The van der Waals surface area contributed by atoms with Crippen LogP contribution in [0.2, 0.25) is 5.02 Å². The molecule has 2 rings (SSSR count). The van der Waals surface area contributed by atoms with E-state index < -0.39 is 11.8 Å². The average molecular weight is 359 g/mol. The summed E-state index contributed by atoms with van der Waals surface area (Å²) in [7, 11) is 0. The van der Waals surface area contributed by atoms with E-state index in [1.54, 1.807) is 30.3 Å². The van der Waals surface area contributed by atoms with Crippen molar-refractivity contribution >= 4 is 29.5 Å². The summed E-state index contributed by atoms with van der Waals surface area (Å²) in [5, 5.41) is 14.4. The molecule has 25 heavy (non-hydrogen) atoms. The average Bonchev–Trinajstić information content (AvgIpc) is 2.62. The number of nitrogens with one attached hydrogen (secondary N) is 2. The third-order valence-corrected chi connectivity index (χ3v) is 3.67. The standard InChI is InChI=1S/C19H19ClN2O3/c20-16-10-5-4-9-15(16)18(24)22-17(19(25)21-11-6-12-23)13-14-7-2-1-3-8-14/h1-5,7-10,13,23H,6,11-12H2,(H,21,25)(H,22,24)/b17-13-. The van der Waals surface area contributed by atoms with Crippen molar-refractivity contribution in [3.05, 3.63) is 76.4 Å².